The third-order valence-corrected chi connectivity index (χ3v) is 17.4. The van der Waals surface area contributed by atoms with E-state index in [1.807, 2.05) is 0 Å². The van der Waals surface area contributed by atoms with Crippen LogP contribution >= 0.6 is 15.6 Å². The van der Waals surface area contributed by atoms with Crippen LogP contribution in [0.4, 0.5) is 0 Å². The molecule has 2 unspecified atom stereocenters. The van der Waals surface area contributed by atoms with Crippen LogP contribution in [0.25, 0.3) is 0 Å². The van der Waals surface area contributed by atoms with E-state index in [9.17, 15) is 43.2 Å². The predicted octanol–water partition coefficient (Wildman–Crippen LogP) is 19.0. The molecular formula is C67H130O17P2. The topological polar surface area (TPSA) is 237 Å². The molecule has 17 nitrogen and oxygen atoms in total. The van der Waals surface area contributed by atoms with Gasteiger partial charge in [0, 0.05) is 25.7 Å². The second kappa shape index (κ2) is 60.6. The fraction of sp³-hybridized carbons (Fsp3) is 0.940. The van der Waals surface area contributed by atoms with Crippen LogP contribution in [0.1, 0.15) is 343 Å². The van der Waals surface area contributed by atoms with Gasteiger partial charge in [-0.05, 0) is 31.6 Å². The third-order valence-electron chi connectivity index (χ3n) is 15.5. The quantitative estimate of drug-likeness (QED) is 0.0222. The molecule has 510 valence electrons. The maximum Gasteiger partial charge on any atom is 0.472 e. The maximum atomic E-state index is 13.0. The summed E-state index contributed by atoms with van der Waals surface area (Å²) in [6.07, 6.45) is 45.8. The first-order valence-electron chi connectivity index (χ1n) is 35.1. The Hall–Kier alpha value is -1.94. The number of phosphoric acid groups is 2. The molecule has 0 aliphatic heterocycles. The number of rotatable bonds is 67. The average Bonchev–Trinajstić information content (AvgIpc) is 3.64. The average molecular weight is 1270 g/mol. The van der Waals surface area contributed by atoms with Gasteiger partial charge in [0.2, 0.25) is 0 Å². The molecule has 0 saturated carbocycles. The molecule has 0 aliphatic rings. The molecular weight excluding hydrogens is 1140 g/mol. The van der Waals surface area contributed by atoms with E-state index in [0.717, 1.165) is 95.8 Å². The molecule has 5 atom stereocenters. The van der Waals surface area contributed by atoms with Gasteiger partial charge in [-0.3, -0.25) is 37.3 Å². The van der Waals surface area contributed by atoms with E-state index >= 15 is 0 Å². The minimum absolute atomic E-state index is 0.106. The number of ether oxygens (including phenoxy) is 4. The largest absolute Gasteiger partial charge is 0.472 e. The molecule has 0 rings (SSSR count). The Bertz CT molecular complexity index is 1670. The predicted molar refractivity (Wildman–Crippen MR) is 345 cm³/mol. The van der Waals surface area contributed by atoms with E-state index in [1.165, 1.54) is 167 Å². The summed E-state index contributed by atoms with van der Waals surface area (Å²) in [7, 11) is -9.89. The van der Waals surface area contributed by atoms with E-state index in [4.69, 9.17) is 37.0 Å². The second-order valence-corrected chi connectivity index (χ2v) is 27.6. The summed E-state index contributed by atoms with van der Waals surface area (Å²) in [5.74, 6) is -1.40. The number of aliphatic hydroxyl groups is 1. The zero-order valence-corrected chi connectivity index (χ0v) is 57.2. The fourth-order valence-electron chi connectivity index (χ4n) is 10.1. The third kappa shape index (κ3) is 60.9. The van der Waals surface area contributed by atoms with Crippen molar-refractivity contribution in [1.82, 2.24) is 0 Å². The summed E-state index contributed by atoms with van der Waals surface area (Å²) >= 11 is 0. The van der Waals surface area contributed by atoms with Gasteiger partial charge in [0.15, 0.2) is 12.2 Å². The number of hydrogen-bond donors (Lipinski definition) is 3. The van der Waals surface area contributed by atoms with Crippen molar-refractivity contribution in [3.63, 3.8) is 0 Å². The molecule has 0 radical (unpaired) electrons. The van der Waals surface area contributed by atoms with Crippen molar-refractivity contribution >= 4 is 39.5 Å². The van der Waals surface area contributed by atoms with E-state index < -0.39 is 97.5 Å². The van der Waals surface area contributed by atoms with Gasteiger partial charge < -0.3 is 33.8 Å². The molecule has 0 aliphatic carbocycles. The molecule has 0 fully saturated rings. The van der Waals surface area contributed by atoms with Gasteiger partial charge in [-0.25, -0.2) is 9.13 Å². The summed E-state index contributed by atoms with van der Waals surface area (Å²) in [6.45, 7) is 7.17. The Balaban J connectivity index is 5.22. The minimum atomic E-state index is -4.95. The Labute approximate surface area is 524 Å². The molecule has 19 heteroatoms. The maximum absolute atomic E-state index is 13.0. The number of esters is 4. The normalized spacial score (nSPS) is 14.2. The molecule has 0 spiro atoms. The van der Waals surface area contributed by atoms with Gasteiger partial charge in [-0.2, -0.15) is 0 Å². The van der Waals surface area contributed by atoms with Gasteiger partial charge in [0.25, 0.3) is 0 Å². The van der Waals surface area contributed by atoms with Crippen molar-refractivity contribution < 1.29 is 80.2 Å². The van der Waals surface area contributed by atoms with Crippen molar-refractivity contribution in [1.29, 1.82) is 0 Å². The van der Waals surface area contributed by atoms with Crippen LogP contribution in [0.3, 0.4) is 0 Å². The van der Waals surface area contributed by atoms with Crippen molar-refractivity contribution in [2.45, 2.75) is 361 Å². The number of unbranched alkanes of at least 4 members (excludes halogenated alkanes) is 39. The summed E-state index contributed by atoms with van der Waals surface area (Å²) in [4.78, 5) is 72.3. The Kier molecular flexibility index (Phi) is 59.2. The molecule has 3 N–H and O–H groups in total. The highest BCUT2D eigenvalue weighted by molar-refractivity contribution is 7.47. The lowest BCUT2D eigenvalue weighted by molar-refractivity contribution is -0.161. The lowest BCUT2D eigenvalue weighted by atomic mass is 10.0. The van der Waals surface area contributed by atoms with Crippen LogP contribution < -0.4 is 0 Å². The van der Waals surface area contributed by atoms with E-state index in [-0.39, 0.29) is 25.7 Å². The number of aliphatic hydroxyl groups excluding tert-OH is 1. The highest BCUT2D eigenvalue weighted by atomic mass is 31.2. The van der Waals surface area contributed by atoms with Gasteiger partial charge >= 0.3 is 39.5 Å². The first-order valence-corrected chi connectivity index (χ1v) is 38.1. The standard InChI is InChI=1S/C67H130O17P2/c1-6-9-12-15-18-21-23-24-25-26-27-28-31-38-43-48-53-67(72)84-63(57-78-65(70)51-46-41-36-33-32-34-39-44-49-60(4)5)59-82-86(75,76)80-55-61(68)54-79-85(73,74)81-58-62(56-77-64(69)50-45-40-35-29-20-17-14-11-8-3)83-66(71)52-47-42-37-30-22-19-16-13-10-7-2/h60-63,68H,6-59H2,1-5H3,(H,73,74)(H,75,76)/t61-,62+,63+/m0/s1. The SMILES string of the molecule is CCCCCCCCCCCCCCCCCCC(=O)O[C@H](COC(=O)CCCCCCCCCCC(C)C)COP(=O)(O)OC[C@@H](O)COP(=O)(O)OC[C@@H](COC(=O)CCCCCCCCCCC)OC(=O)CCCCCCCCCCCC. The number of carbonyl (C=O) groups excluding carboxylic acids is 4. The van der Waals surface area contributed by atoms with Gasteiger partial charge in [0.05, 0.1) is 26.4 Å². The molecule has 0 aromatic carbocycles. The fourth-order valence-corrected chi connectivity index (χ4v) is 11.7. The first kappa shape index (κ1) is 84.1. The Morgan fingerprint density at radius 3 is 0.791 bits per heavy atom. The van der Waals surface area contributed by atoms with Crippen molar-refractivity contribution in [3.05, 3.63) is 0 Å². The molecule has 0 aromatic rings. The Morgan fingerprint density at radius 1 is 0.314 bits per heavy atom. The lowest BCUT2D eigenvalue weighted by Crippen LogP contribution is -2.30. The monoisotopic (exact) mass is 1270 g/mol. The van der Waals surface area contributed by atoms with Crippen LogP contribution in [0, 0.1) is 5.92 Å². The molecule has 0 aromatic heterocycles. The smallest absolute Gasteiger partial charge is 0.462 e. The van der Waals surface area contributed by atoms with E-state index in [0.29, 0.717) is 25.7 Å². The first-order chi connectivity index (χ1) is 41.5. The summed E-state index contributed by atoms with van der Waals surface area (Å²) < 4.78 is 68.1. The zero-order valence-electron chi connectivity index (χ0n) is 55.4. The van der Waals surface area contributed by atoms with Crippen molar-refractivity contribution in [3.8, 4) is 0 Å². The highest BCUT2D eigenvalue weighted by Crippen LogP contribution is 2.45. The van der Waals surface area contributed by atoms with Crippen LogP contribution in [-0.2, 0) is 65.4 Å². The van der Waals surface area contributed by atoms with Crippen molar-refractivity contribution in [2.75, 3.05) is 39.6 Å². The number of hydrogen-bond acceptors (Lipinski definition) is 15. The highest BCUT2D eigenvalue weighted by Gasteiger charge is 2.30. The molecule has 0 heterocycles. The van der Waals surface area contributed by atoms with E-state index in [2.05, 4.69) is 34.6 Å². The van der Waals surface area contributed by atoms with Gasteiger partial charge in [-0.15, -0.1) is 0 Å². The minimum Gasteiger partial charge on any atom is -0.462 e. The van der Waals surface area contributed by atoms with E-state index in [1.54, 1.807) is 0 Å². The summed E-state index contributed by atoms with van der Waals surface area (Å²) in [5.41, 5.74) is 0. The van der Waals surface area contributed by atoms with Gasteiger partial charge in [0.1, 0.15) is 19.3 Å². The van der Waals surface area contributed by atoms with Crippen molar-refractivity contribution in [2.24, 2.45) is 5.92 Å². The number of phosphoric ester groups is 2. The lowest BCUT2D eigenvalue weighted by Gasteiger charge is -2.21. The van der Waals surface area contributed by atoms with Crippen LogP contribution in [0.5, 0.6) is 0 Å². The Morgan fingerprint density at radius 2 is 0.535 bits per heavy atom. The summed E-state index contributed by atoms with van der Waals surface area (Å²) in [6, 6.07) is 0. The molecule has 0 amide bonds. The molecule has 0 saturated heterocycles. The number of carbonyl (C=O) groups is 4. The van der Waals surface area contributed by atoms with Gasteiger partial charge in [-0.1, -0.05) is 291 Å². The zero-order chi connectivity index (χ0) is 63.5. The van der Waals surface area contributed by atoms with Crippen LogP contribution in [0.15, 0.2) is 0 Å². The van der Waals surface area contributed by atoms with Crippen LogP contribution in [-0.4, -0.2) is 96.7 Å². The summed E-state index contributed by atoms with van der Waals surface area (Å²) in [5, 5.41) is 10.6. The van der Waals surface area contributed by atoms with Crippen LogP contribution in [0.2, 0.25) is 0 Å². The molecule has 0 bridgehead atoms. The molecule has 86 heavy (non-hydrogen) atoms. The second-order valence-electron chi connectivity index (χ2n) is 24.7.